The summed E-state index contributed by atoms with van der Waals surface area (Å²) >= 11 is 0. The molecule has 0 aromatic heterocycles. The molecule has 2 saturated heterocycles. The Kier molecular flexibility index (Phi) is 26.8. The Balaban J connectivity index is 1.51. The first-order valence-corrected chi connectivity index (χ1v) is 28.0. The fourth-order valence-corrected chi connectivity index (χ4v) is 9.69. The van der Waals surface area contributed by atoms with Crippen LogP contribution in [0.5, 0.6) is 5.75 Å². The van der Waals surface area contributed by atoms with Crippen molar-refractivity contribution >= 4 is 83.0 Å². The van der Waals surface area contributed by atoms with Crippen LogP contribution < -0.4 is 43.0 Å². The molecule has 11 atom stereocenters. The number of carboxylic acid groups (broad SMARTS) is 5. The van der Waals surface area contributed by atoms with Gasteiger partial charge in [-0.15, -0.1) is 0 Å². The first kappa shape index (κ1) is 69.3. The Hall–Kier alpha value is -9.22. The van der Waals surface area contributed by atoms with Crippen LogP contribution in [0.2, 0.25) is 0 Å². The maximum atomic E-state index is 14.6. The van der Waals surface area contributed by atoms with E-state index in [1.807, 2.05) is 0 Å². The highest BCUT2D eigenvalue weighted by molar-refractivity contribution is 5.99. The molecule has 15 N–H and O–H groups in total. The zero-order chi connectivity index (χ0) is 63.9. The molecule has 2 aliphatic heterocycles. The largest absolute Gasteiger partial charge is 0.508 e. The molecule has 2 fully saturated rings. The standard InChI is InChI=1S/C56H76N10O20/c1-4-29(2)46(64-53(82)41-13-8-24-65(41)54(83)37(20-23-44(72)73)61-51(80)38(26-32-14-16-33(67)17-15-32)62-48(77)34(57)28-45(74)75)55(84)66-25-9-12-40(66)52(81)60-36(19-22-43(70)71)50(79)59-35(18-21-42(68)69)49(78)58-30(3)47(76)63-39(56(85)86)27-31-10-6-5-7-11-31/h5-7,10-11,14-17,29-30,34-41,46,67H,4,8-9,12-13,18-28,57H2,1-3H3,(H,58,78)(H,59,79)(H,60,81)(H,61,80)(H,62,77)(H,63,76)(H,64,82)(H,68,69)(H,70,71)(H,72,73)(H,74,75)(H,85,86)/t29-,30-,34-,35-,36-,37-,38-,39-,40-,41-,46-/m0/s1. The number of carbonyl (C=O) groups is 14. The summed E-state index contributed by atoms with van der Waals surface area (Å²) in [7, 11) is 0. The summed E-state index contributed by atoms with van der Waals surface area (Å²) in [5.41, 5.74) is 6.73. The van der Waals surface area contributed by atoms with E-state index in [4.69, 9.17) is 5.73 Å². The van der Waals surface area contributed by atoms with Gasteiger partial charge < -0.3 is 83.4 Å². The van der Waals surface area contributed by atoms with Crippen molar-refractivity contribution in [3.05, 3.63) is 65.7 Å². The molecule has 30 heteroatoms. The number of hydrogen-bond donors (Lipinski definition) is 14. The Labute approximate surface area is 493 Å². The number of nitrogens with one attached hydrogen (secondary N) is 7. The van der Waals surface area contributed by atoms with Crippen molar-refractivity contribution in [1.29, 1.82) is 0 Å². The zero-order valence-corrected chi connectivity index (χ0v) is 47.7. The molecule has 0 spiro atoms. The lowest BCUT2D eigenvalue weighted by Gasteiger charge is -2.34. The number of likely N-dealkylation sites (tertiary alicyclic amines) is 2. The second-order valence-electron chi connectivity index (χ2n) is 21.2. The monoisotopic (exact) mass is 1210 g/mol. The molecule has 0 aliphatic carbocycles. The smallest absolute Gasteiger partial charge is 0.326 e. The van der Waals surface area contributed by atoms with Crippen LogP contribution in [0.1, 0.15) is 109 Å². The number of carboxylic acids is 5. The quantitative estimate of drug-likeness (QED) is 0.0364. The molecule has 2 aromatic rings. The van der Waals surface area contributed by atoms with Gasteiger partial charge in [-0.25, -0.2) is 4.79 Å². The molecule has 86 heavy (non-hydrogen) atoms. The summed E-state index contributed by atoms with van der Waals surface area (Å²) < 4.78 is 0. The molecule has 2 aromatic carbocycles. The van der Waals surface area contributed by atoms with Gasteiger partial charge in [-0.05, 0) is 81.0 Å². The maximum Gasteiger partial charge on any atom is 0.326 e. The van der Waals surface area contributed by atoms with E-state index in [1.165, 1.54) is 36.1 Å². The number of aliphatic carboxylic acids is 5. The lowest BCUT2D eigenvalue weighted by Crippen LogP contribution is -2.61. The van der Waals surface area contributed by atoms with Crippen molar-refractivity contribution < 1.29 is 97.8 Å². The topological polar surface area (TPSA) is 477 Å². The number of rotatable bonds is 34. The predicted molar refractivity (Wildman–Crippen MR) is 299 cm³/mol. The Bertz CT molecular complexity index is 2800. The van der Waals surface area contributed by atoms with Crippen molar-refractivity contribution in [3.8, 4) is 5.75 Å². The van der Waals surface area contributed by atoms with E-state index in [9.17, 15) is 97.8 Å². The number of benzene rings is 2. The van der Waals surface area contributed by atoms with Gasteiger partial charge in [-0.3, -0.25) is 62.3 Å². The minimum atomic E-state index is -1.71. The van der Waals surface area contributed by atoms with Crippen LogP contribution in [0.4, 0.5) is 0 Å². The minimum Gasteiger partial charge on any atom is -0.508 e. The second kappa shape index (κ2) is 33.3. The first-order valence-electron chi connectivity index (χ1n) is 28.0. The molecular weight excluding hydrogens is 1130 g/mol. The van der Waals surface area contributed by atoms with Crippen LogP contribution in [0.25, 0.3) is 0 Å². The van der Waals surface area contributed by atoms with Gasteiger partial charge >= 0.3 is 29.8 Å². The lowest BCUT2D eigenvalue weighted by molar-refractivity contribution is -0.146. The summed E-state index contributed by atoms with van der Waals surface area (Å²) in [4.78, 5) is 186. The molecular formula is C56H76N10O20. The van der Waals surface area contributed by atoms with Crippen LogP contribution in [0, 0.1) is 5.92 Å². The van der Waals surface area contributed by atoms with Crippen LogP contribution in [-0.2, 0) is 80.0 Å². The highest BCUT2D eigenvalue weighted by atomic mass is 16.4. The summed E-state index contributed by atoms with van der Waals surface area (Å²) in [6.45, 7) is 4.47. The fraction of sp³-hybridized carbons (Fsp3) is 0.536. The van der Waals surface area contributed by atoms with E-state index in [0.29, 0.717) is 11.1 Å². The van der Waals surface area contributed by atoms with Crippen molar-refractivity contribution in [1.82, 2.24) is 47.0 Å². The van der Waals surface area contributed by atoms with Crippen LogP contribution in [0.3, 0.4) is 0 Å². The third-order valence-electron chi connectivity index (χ3n) is 14.7. The van der Waals surface area contributed by atoms with Crippen LogP contribution >= 0.6 is 0 Å². The van der Waals surface area contributed by atoms with E-state index in [1.54, 1.807) is 44.2 Å². The third-order valence-corrected chi connectivity index (χ3v) is 14.7. The van der Waals surface area contributed by atoms with Gasteiger partial charge in [0.1, 0.15) is 60.1 Å². The van der Waals surface area contributed by atoms with E-state index in [-0.39, 0.29) is 63.8 Å². The summed E-state index contributed by atoms with van der Waals surface area (Å²) in [5, 5.41) is 74.5. The normalized spacial score (nSPS) is 17.7. The Morgan fingerprint density at radius 3 is 1.48 bits per heavy atom. The summed E-state index contributed by atoms with van der Waals surface area (Å²) in [6, 6.07) is -1.15. The predicted octanol–water partition coefficient (Wildman–Crippen LogP) is -1.90. The van der Waals surface area contributed by atoms with Gasteiger partial charge in [0.2, 0.25) is 53.2 Å². The Morgan fingerprint density at radius 1 is 0.512 bits per heavy atom. The van der Waals surface area contributed by atoms with Gasteiger partial charge in [0.05, 0.1) is 12.5 Å². The number of amides is 9. The van der Waals surface area contributed by atoms with Gasteiger partial charge in [0.25, 0.3) is 0 Å². The molecule has 9 amide bonds. The number of phenolic OH excluding ortho intramolecular Hbond substituents is 1. The molecule has 4 rings (SSSR count). The first-order chi connectivity index (χ1) is 40.6. The SMILES string of the molecule is CC[C@H](C)[C@H](NC(=O)[C@@H]1CCCN1C(=O)[C@H](CCC(=O)O)NC(=O)[C@H](Cc1ccc(O)cc1)NC(=O)[C@@H](N)CC(=O)O)C(=O)N1CCC[C@H]1C(=O)N[C@@H](CCC(=O)O)C(=O)N[C@@H](CCC(=O)O)C(=O)N[C@@H](C)C(=O)N[C@@H](Cc1ccccc1)C(=O)O. The molecule has 0 bridgehead atoms. The number of aromatic hydroxyl groups is 1. The van der Waals surface area contributed by atoms with Crippen molar-refractivity contribution in [2.24, 2.45) is 11.7 Å². The summed E-state index contributed by atoms with van der Waals surface area (Å²) in [5.74, 6) is -16.3. The van der Waals surface area contributed by atoms with Gasteiger partial charge in [-0.1, -0.05) is 62.7 Å². The maximum absolute atomic E-state index is 14.6. The molecule has 0 saturated carbocycles. The Morgan fingerprint density at radius 2 is 0.953 bits per heavy atom. The van der Waals surface area contributed by atoms with Crippen molar-refractivity contribution in [2.75, 3.05) is 13.1 Å². The van der Waals surface area contributed by atoms with E-state index in [0.717, 1.165) is 4.90 Å². The average Bonchev–Trinajstić information content (AvgIpc) is 2.48. The highest BCUT2D eigenvalue weighted by Gasteiger charge is 2.44. The fourth-order valence-electron chi connectivity index (χ4n) is 9.69. The lowest BCUT2D eigenvalue weighted by atomic mass is 9.96. The number of hydrogen-bond acceptors (Lipinski definition) is 16. The van der Waals surface area contributed by atoms with Crippen LogP contribution in [-0.4, -0.2) is 197 Å². The van der Waals surface area contributed by atoms with Gasteiger partial charge in [-0.2, -0.15) is 0 Å². The second-order valence-corrected chi connectivity index (χ2v) is 21.2. The molecule has 0 unspecified atom stereocenters. The molecule has 0 radical (unpaired) electrons. The highest BCUT2D eigenvalue weighted by Crippen LogP contribution is 2.25. The average molecular weight is 1210 g/mol. The van der Waals surface area contributed by atoms with Crippen molar-refractivity contribution in [3.63, 3.8) is 0 Å². The molecule has 2 aliphatic rings. The van der Waals surface area contributed by atoms with Crippen molar-refractivity contribution in [2.45, 2.75) is 171 Å². The zero-order valence-electron chi connectivity index (χ0n) is 47.7. The number of carbonyl (C=O) groups excluding carboxylic acids is 9. The van der Waals surface area contributed by atoms with E-state index >= 15 is 0 Å². The molecule has 2 heterocycles. The van der Waals surface area contributed by atoms with E-state index < -0.39 is 194 Å². The minimum absolute atomic E-state index is 0.0205. The van der Waals surface area contributed by atoms with Gasteiger partial charge in [0.15, 0.2) is 0 Å². The van der Waals surface area contributed by atoms with Gasteiger partial charge in [0, 0.05) is 45.2 Å². The number of phenols is 1. The number of nitrogens with zero attached hydrogens (tertiary/aromatic N) is 2. The summed E-state index contributed by atoms with van der Waals surface area (Å²) in [6.07, 6.45) is -4.04. The third kappa shape index (κ3) is 21.4. The van der Waals surface area contributed by atoms with Crippen LogP contribution in [0.15, 0.2) is 54.6 Å². The molecule has 470 valence electrons. The van der Waals surface area contributed by atoms with E-state index in [2.05, 4.69) is 37.2 Å². The number of nitrogens with two attached hydrogens (primary N) is 1. The molecule has 30 nitrogen and oxygen atoms in total.